The minimum Gasteiger partial charge on any atom is -0.443 e. The molecule has 1 fully saturated rings. The molecule has 0 radical (unpaired) electrons. The van der Waals surface area contributed by atoms with Crippen molar-refractivity contribution >= 4 is 0 Å². The van der Waals surface area contributed by atoms with Gasteiger partial charge in [0.05, 0.1) is 12.8 Å². The number of hydrogen-bond acceptors (Lipinski definition) is 5. The van der Waals surface area contributed by atoms with E-state index in [0.29, 0.717) is 0 Å². The fourth-order valence-corrected chi connectivity index (χ4v) is 1.89. The highest BCUT2D eigenvalue weighted by Crippen LogP contribution is 2.28. The average Bonchev–Trinajstić information content (AvgIpc) is 2.99. The van der Waals surface area contributed by atoms with Crippen LogP contribution in [0, 0.1) is 0 Å². The summed E-state index contributed by atoms with van der Waals surface area (Å²) < 4.78 is 16.2. The average molecular weight is 240 g/mol. The third-order valence-corrected chi connectivity index (χ3v) is 2.82. The van der Waals surface area contributed by atoms with Crippen LogP contribution in [-0.2, 0) is 15.9 Å². The van der Waals surface area contributed by atoms with Gasteiger partial charge < -0.3 is 19.2 Å². The number of methoxy groups -OCH3 is 1. The smallest absolute Gasteiger partial charge is 0.195 e. The van der Waals surface area contributed by atoms with E-state index in [2.05, 4.69) is 10.3 Å². The molecule has 0 bridgehead atoms. The Hall–Kier alpha value is -0.910. The van der Waals surface area contributed by atoms with E-state index in [9.17, 15) is 0 Å². The van der Waals surface area contributed by atoms with Crippen LogP contribution in [0.5, 0.6) is 0 Å². The van der Waals surface area contributed by atoms with Crippen molar-refractivity contribution in [1.82, 2.24) is 10.3 Å². The van der Waals surface area contributed by atoms with Crippen LogP contribution in [-0.4, -0.2) is 38.4 Å². The Morgan fingerprint density at radius 3 is 3.24 bits per heavy atom. The second kappa shape index (κ2) is 6.74. The van der Waals surface area contributed by atoms with Crippen LogP contribution in [0.3, 0.4) is 0 Å². The molecule has 17 heavy (non-hydrogen) atoms. The van der Waals surface area contributed by atoms with Crippen molar-refractivity contribution in [2.45, 2.75) is 25.4 Å². The highest BCUT2D eigenvalue weighted by molar-refractivity contribution is 5.00. The molecule has 1 N–H and O–H groups in total. The van der Waals surface area contributed by atoms with Crippen LogP contribution in [0.1, 0.15) is 30.6 Å². The number of nitrogens with zero attached hydrogens (tertiary/aromatic N) is 1. The highest BCUT2D eigenvalue weighted by Gasteiger charge is 2.21. The fourth-order valence-electron chi connectivity index (χ4n) is 1.89. The van der Waals surface area contributed by atoms with Crippen LogP contribution in [0.15, 0.2) is 10.6 Å². The SMILES string of the molecule is COCCNCCc1ncc(C2CCCO2)o1. The molecule has 5 nitrogen and oxygen atoms in total. The molecular formula is C12H20N2O3. The maximum Gasteiger partial charge on any atom is 0.195 e. The number of ether oxygens (including phenoxy) is 2. The van der Waals surface area contributed by atoms with Crippen LogP contribution in [0.25, 0.3) is 0 Å². The molecule has 0 aliphatic carbocycles. The Kier molecular flexibility index (Phi) is 4.97. The van der Waals surface area contributed by atoms with E-state index in [1.165, 1.54) is 0 Å². The summed E-state index contributed by atoms with van der Waals surface area (Å²) in [7, 11) is 1.70. The summed E-state index contributed by atoms with van der Waals surface area (Å²) in [6.07, 6.45) is 4.87. The molecule has 1 aromatic heterocycles. The zero-order chi connectivity index (χ0) is 11.9. The van der Waals surface area contributed by atoms with Gasteiger partial charge >= 0.3 is 0 Å². The Balaban J connectivity index is 1.70. The molecule has 96 valence electrons. The van der Waals surface area contributed by atoms with Crippen LogP contribution < -0.4 is 5.32 Å². The van der Waals surface area contributed by atoms with Crippen molar-refractivity contribution in [2.24, 2.45) is 0 Å². The third-order valence-electron chi connectivity index (χ3n) is 2.82. The van der Waals surface area contributed by atoms with E-state index < -0.39 is 0 Å². The number of oxazole rings is 1. The van der Waals surface area contributed by atoms with Crippen LogP contribution in [0.4, 0.5) is 0 Å². The monoisotopic (exact) mass is 240 g/mol. The lowest BCUT2D eigenvalue weighted by Gasteiger charge is -2.04. The van der Waals surface area contributed by atoms with E-state index in [0.717, 1.165) is 57.2 Å². The van der Waals surface area contributed by atoms with Gasteiger partial charge in [-0.2, -0.15) is 0 Å². The van der Waals surface area contributed by atoms with Crippen molar-refractivity contribution < 1.29 is 13.9 Å². The maximum absolute atomic E-state index is 5.67. The zero-order valence-electron chi connectivity index (χ0n) is 10.3. The Bertz CT molecular complexity index is 321. The molecule has 5 heteroatoms. The quantitative estimate of drug-likeness (QED) is 0.728. The molecule has 1 aromatic rings. The van der Waals surface area contributed by atoms with Gasteiger partial charge in [0.1, 0.15) is 6.10 Å². The van der Waals surface area contributed by atoms with E-state index in [-0.39, 0.29) is 6.10 Å². The van der Waals surface area contributed by atoms with Crippen molar-refractivity contribution in [2.75, 3.05) is 33.4 Å². The first-order valence-corrected chi connectivity index (χ1v) is 6.16. The molecule has 2 rings (SSSR count). The molecular weight excluding hydrogens is 220 g/mol. The lowest BCUT2D eigenvalue weighted by atomic mass is 10.2. The van der Waals surface area contributed by atoms with Crippen molar-refractivity contribution in [3.63, 3.8) is 0 Å². The summed E-state index contributed by atoms with van der Waals surface area (Å²) in [5.41, 5.74) is 0. The van der Waals surface area contributed by atoms with Gasteiger partial charge in [-0.3, -0.25) is 0 Å². The Morgan fingerprint density at radius 2 is 2.47 bits per heavy atom. The Labute approximate surface area is 102 Å². The summed E-state index contributed by atoms with van der Waals surface area (Å²) in [6.45, 7) is 3.27. The van der Waals surface area contributed by atoms with E-state index >= 15 is 0 Å². The van der Waals surface area contributed by atoms with Gasteiger partial charge in [-0.25, -0.2) is 4.98 Å². The largest absolute Gasteiger partial charge is 0.443 e. The Morgan fingerprint density at radius 1 is 1.53 bits per heavy atom. The first-order valence-electron chi connectivity index (χ1n) is 6.16. The molecule has 1 atom stereocenters. The van der Waals surface area contributed by atoms with Crippen molar-refractivity contribution in [1.29, 1.82) is 0 Å². The number of hydrogen-bond donors (Lipinski definition) is 1. The molecule has 1 aliphatic rings. The minimum absolute atomic E-state index is 0.123. The van der Waals surface area contributed by atoms with E-state index in [1.54, 1.807) is 13.3 Å². The molecule has 1 saturated heterocycles. The standard InChI is InChI=1S/C12H20N2O3/c1-15-8-6-13-5-4-12-14-9-11(17-12)10-3-2-7-16-10/h9-10,13H,2-8H2,1H3. The van der Waals surface area contributed by atoms with E-state index in [4.69, 9.17) is 13.9 Å². The second-order valence-corrected chi connectivity index (χ2v) is 4.15. The molecule has 1 unspecified atom stereocenters. The second-order valence-electron chi connectivity index (χ2n) is 4.15. The molecule has 0 saturated carbocycles. The van der Waals surface area contributed by atoms with Gasteiger partial charge in [0.15, 0.2) is 11.7 Å². The molecule has 1 aliphatic heterocycles. The lowest BCUT2D eigenvalue weighted by molar-refractivity contribution is 0.0924. The summed E-state index contributed by atoms with van der Waals surface area (Å²) in [4.78, 5) is 4.26. The topological polar surface area (TPSA) is 56.5 Å². The summed E-state index contributed by atoms with van der Waals surface area (Å²) in [6, 6.07) is 0. The van der Waals surface area contributed by atoms with Crippen molar-refractivity contribution in [3.8, 4) is 0 Å². The van der Waals surface area contributed by atoms with Gasteiger partial charge in [0, 0.05) is 33.2 Å². The first kappa shape index (κ1) is 12.5. The number of rotatable bonds is 7. The molecule has 0 amide bonds. The lowest BCUT2D eigenvalue weighted by Crippen LogP contribution is -2.21. The van der Waals surface area contributed by atoms with Gasteiger partial charge in [-0.1, -0.05) is 0 Å². The number of nitrogens with one attached hydrogen (secondary N) is 1. The normalized spacial score (nSPS) is 19.9. The molecule has 0 spiro atoms. The van der Waals surface area contributed by atoms with Gasteiger partial charge in [0.25, 0.3) is 0 Å². The van der Waals surface area contributed by atoms with Gasteiger partial charge in [-0.05, 0) is 12.8 Å². The van der Waals surface area contributed by atoms with E-state index in [1.807, 2.05) is 0 Å². The summed E-state index contributed by atoms with van der Waals surface area (Å²) in [5.74, 6) is 1.65. The van der Waals surface area contributed by atoms with Gasteiger partial charge in [-0.15, -0.1) is 0 Å². The third kappa shape index (κ3) is 3.80. The fraction of sp³-hybridized carbons (Fsp3) is 0.750. The minimum atomic E-state index is 0.123. The maximum atomic E-state index is 5.67. The van der Waals surface area contributed by atoms with Crippen LogP contribution >= 0.6 is 0 Å². The predicted octanol–water partition coefficient (Wildman–Crippen LogP) is 1.30. The highest BCUT2D eigenvalue weighted by atomic mass is 16.5. The summed E-state index contributed by atoms with van der Waals surface area (Å²) in [5, 5.41) is 3.26. The van der Waals surface area contributed by atoms with Crippen LogP contribution in [0.2, 0.25) is 0 Å². The molecule has 2 heterocycles. The van der Waals surface area contributed by atoms with Crippen molar-refractivity contribution in [3.05, 3.63) is 17.8 Å². The summed E-state index contributed by atoms with van der Waals surface area (Å²) >= 11 is 0. The molecule has 0 aromatic carbocycles. The first-order chi connectivity index (χ1) is 8.40. The zero-order valence-corrected chi connectivity index (χ0v) is 10.3. The van der Waals surface area contributed by atoms with Gasteiger partial charge in [0.2, 0.25) is 0 Å². The predicted molar refractivity (Wildman–Crippen MR) is 62.9 cm³/mol. The number of aromatic nitrogens is 1.